The van der Waals surface area contributed by atoms with Crippen LogP contribution in [0, 0.1) is 10.1 Å². The molecule has 3 rings (SSSR count). The number of anilines is 1. The molecule has 0 amide bonds. The molecule has 1 saturated heterocycles. The summed E-state index contributed by atoms with van der Waals surface area (Å²) in [6.07, 6.45) is 2.06. The predicted octanol–water partition coefficient (Wildman–Crippen LogP) is 3.81. The molecule has 130 valence electrons. The molecule has 0 saturated carbocycles. The number of benzene rings is 2. The minimum atomic E-state index is -0.373. The molecule has 1 heterocycles. The van der Waals surface area contributed by atoms with E-state index in [1.807, 2.05) is 12.1 Å². The van der Waals surface area contributed by atoms with Gasteiger partial charge in [0.05, 0.1) is 4.92 Å². The third-order valence-electron chi connectivity index (χ3n) is 4.33. The van der Waals surface area contributed by atoms with Gasteiger partial charge in [0, 0.05) is 54.5 Å². The third kappa shape index (κ3) is 4.11. The highest BCUT2D eigenvalue weighted by molar-refractivity contribution is 7.98. The molecular formula is C18H19N3O2S2. The van der Waals surface area contributed by atoms with E-state index in [9.17, 15) is 10.1 Å². The average Bonchev–Trinajstić information content (AvgIpc) is 2.67. The van der Waals surface area contributed by atoms with E-state index in [2.05, 4.69) is 40.3 Å². The number of nitro benzene ring substituents is 1. The fourth-order valence-corrected chi connectivity index (χ4v) is 3.60. The van der Waals surface area contributed by atoms with Gasteiger partial charge in [0.15, 0.2) is 0 Å². The summed E-state index contributed by atoms with van der Waals surface area (Å²) < 4.78 is 0. The Morgan fingerprint density at radius 2 is 1.64 bits per heavy atom. The molecule has 0 radical (unpaired) electrons. The van der Waals surface area contributed by atoms with Gasteiger partial charge < -0.3 is 9.80 Å². The lowest BCUT2D eigenvalue weighted by molar-refractivity contribution is -0.384. The van der Waals surface area contributed by atoms with Gasteiger partial charge in [-0.1, -0.05) is 24.4 Å². The van der Waals surface area contributed by atoms with Crippen molar-refractivity contribution in [3.63, 3.8) is 0 Å². The van der Waals surface area contributed by atoms with Gasteiger partial charge in [0.2, 0.25) is 0 Å². The fourth-order valence-electron chi connectivity index (χ4n) is 2.87. The van der Waals surface area contributed by atoms with Gasteiger partial charge in [0.25, 0.3) is 5.69 Å². The maximum absolute atomic E-state index is 10.8. The Morgan fingerprint density at radius 1 is 1.04 bits per heavy atom. The van der Waals surface area contributed by atoms with E-state index in [0.29, 0.717) is 0 Å². The molecule has 5 nitrogen and oxygen atoms in total. The van der Waals surface area contributed by atoms with E-state index >= 15 is 0 Å². The van der Waals surface area contributed by atoms with E-state index < -0.39 is 0 Å². The molecule has 2 aromatic rings. The highest BCUT2D eigenvalue weighted by Crippen LogP contribution is 2.22. The van der Waals surface area contributed by atoms with Crippen LogP contribution in [0.4, 0.5) is 11.4 Å². The van der Waals surface area contributed by atoms with Crippen molar-refractivity contribution in [1.29, 1.82) is 0 Å². The topological polar surface area (TPSA) is 49.6 Å². The Kier molecular flexibility index (Phi) is 5.55. The van der Waals surface area contributed by atoms with Gasteiger partial charge in [-0.2, -0.15) is 0 Å². The zero-order chi connectivity index (χ0) is 17.8. The van der Waals surface area contributed by atoms with E-state index in [1.54, 1.807) is 23.9 Å². The van der Waals surface area contributed by atoms with Crippen molar-refractivity contribution >= 4 is 40.3 Å². The Balaban J connectivity index is 1.60. The molecule has 0 bridgehead atoms. The lowest BCUT2D eigenvalue weighted by Crippen LogP contribution is -2.48. The molecule has 2 aromatic carbocycles. The molecule has 0 unspecified atom stereocenters. The number of thiocarbonyl (C=S) groups is 1. The molecule has 25 heavy (non-hydrogen) atoms. The summed E-state index contributed by atoms with van der Waals surface area (Å²) in [5.41, 5.74) is 2.22. The first kappa shape index (κ1) is 17.7. The Labute approximate surface area is 156 Å². The molecular weight excluding hydrogens is 354 g/mol. The van der Waals surface area contributed by atoms with E-state index in [1.165, 1.54) is 4.90 Å². The van der Waals surface area contributed by atoms with Gasteiger partial charge in [-0.3, -0.25) is 10.1 Å². The first-order chi connectivity index (χ1) is 12.1. The summed E-state index contributed by atoms with van der Waals surface area (Å²) in [7, 11) is 0. The molecule has 0 aliphatic carbocycles. The second-order valence-corrected chi connectivity index (χ2v) is 7.05. The minimum Gasteiger partial charge on any atom is -0.368 e. The maximum Gasteiger partial charge on any atom is 0.269 e. The van der Waals surface area contributed by atoms with Crippen LogP contribution in [0.15, 0.2) is 53.4 Å². The number of nitrogens with zero attached hydrogens (tertiary/aromatic N) is 3. The molecule has 1 aliphatic rings. The van der Waals surface area contributed by atoms with Crippen molar-refractivity contribution in [1.82, 2.24) is 4.90 Å². The second-order valence-electron chi connectivity index (χ2n) is 5.78. The summed E-state index contributed by atoms with van der Waals surface area (Å²) in [6, 6.07) is 15.1. The number of hydrogen-bond donors (Lipinski definition) is 0. The lowest BCUT2D eigenvalue weighted by atomic mass is 10.2. The summed E-state index contributed by atoms with van der Waals surface area (Å²) in [5.74, 6) is 0. The van der Waals surface area contributed by atoms with Crippen LogP contribution >= 0.6 is 24.0 Å². The van der Waals surface area contributed by atoms with Crippen molar-refractivity contribution in [2.75, 3.05) is 37.3 Å². The van der Waals surface area contributed by atoms with Gasteiger partial charge in [0.1, 0.15) is 4.99 Å². The Bertz CT molecular complexity index is 755. The zero-order valence-electron chi connectivity index (χ0n) is 13.9. The third-order valence-corrected chi connectivity index (χ3v) is 5.57. The summed E-state index contributed by atoms with van der Waals surface area (Å²) in [6.45, 7) is 3.39. The molecule has 1 aliphatic heterocycles. The molecule has 0 N–H and O–H groups in total. The highest BCUT2D eigenvalue weighted by atomic mass is 32.2. The van der Waals surface area contributed by atoms with Crippen molar-refractivity contribution in [2.45, 2.75) is 4.90 Å². The number of nitro groups is 1. The summed E-state index contributed by atoms with van der Waals surface area (Å²) in [4.78, 5) is 17.0. The van der Waals surface area contributed by atoms with Gasteiger partial charge in [-0.25, -0.2) is 0 Å². The first-order valence-corrected chi connectivity index (χ1v) is 9.64. The normalized spacial score (nSPS) is 14.4. The quantitative estimate of drug-likeness (QED) is 0.351. The van der Waals surface area contributed by atoms with E-state index in [0.717, 1.165) is 42.4 Å². The van der Waals surface area contributed by atoms with Crippen LogP contribution in [0.2, 0.25) is 0 Å². The van der Waals surface area contributed by atoms with Crippen LogP contribution in [0.1, 0.15) is 5.56 Å². The Morgan fingerprint density at radius 3 is 2.16 bits per heavy atom. The molecule has 0 spiro atoms. The van der Waals surface area contributed by atoms with Crippen LogP contribution in [0.25, 0.3) is 0 Å². The van der Waals surface area contributed by atoms with Crippen molar-refractivity contribution in [3.05, 3.63) is 64.2 Å². The highest BCUT2D eigenvalue weighted by Gasteiger charge is 2.20. The van der Waals surface area contributed by atoms with Crippen LogP contribution in [0.3, 0.4) is 0 Å². The van der Waals surface area contributed by atoms with Crippen molar-refractivity contribution in [2.24, 2.45) is 0 Å². The monoisotopic (exact) mass is 373 g/mol. The van der Waals surface area contributed by atoms with Gasteiger partial charge in [-0.15, -0.1) is 11.8 Å². The van der Waals surface area contributed by atoms with Crippen molar-refractivity contribution < 1.29 is 4.92 Å². The van der Waals surface area contributed by atoms with Crippen LogP contribution in [-0.2, 0) is 0 Å². The standard InChI is InChI=1S/C18H19N3O2S2/c1-25-17-8-2-14(3-9-17)18(24)20-12-10-19(11-13-20)15-4-6-16(7-5-15)21(22)23/h2-9H,10-13H2,1H3. The maximum atomic E-state index is 10.8. The van der Waals surface area contributed by atoms with Crippen LogP contribution in [0.5, 0.6) is 0 Å². The number of rotatable bonds is 4. The summed E-state index contributed by atoms with van der Waals surface area (Å²) in [5, 5.41) is 10.8. The van der Waals surface area contributed by atoms with Gasteiger partial charge >= 0.3 is 0 Å². The number of hydrogen-bond acceptors (Lipinski definition) is 5. The van der Waals surface area contributed by atoms with Crippen LogP contribution in [-0.4, -0.2) is 47.2 Å². The second kappa shape index (κ2) is 7.84. The molecule has 0 aromatic heterocycles. The largest absolute Gasteiger partial charge is 0.368 e. The van der Waals surface area contributed by atoms with E-state index in [4.69, 9.17) is 12.2 Å². The summed E-state index contributed by atoms with van der Waals surface area (Å²) >= 11 is 7.37. The van der Waals surface area contributed by atoms with E-state index in [-0.39, 0.29) is 10.6 Å². The molecule has 0 atom stereocenters. The first-order valence-electron chi connectivity index (χ1n) is 8.01. The minimum absolute atomic E-state index is 0.122. The smallest absolute Gasteiger partial charge is 0.269 e. The zero-order valence-corrected chi connectivity index (χ0v) is 15.6. The lowest BCUT2D eigenvalue weighted by Gasteiger charge is -2.37. The average molecular weight is 374 g/mol. The number of non-ortho nitro benzene ring substituents is 1. The van der Waals surface area contributed by atoms with Gasteiger partial charge in [-0.05, 0) is 30.5 Å². The number of piperazine rings is 1. The van der Waals surface area contributed by atoms with Crippen molar-refractivity contribution in [3.8, 4) is 0 Å². The fraction of sp³-hybridized carbons (Fsp3) is 0.278. The Hall–Kier alpha value is -2.12. The molecule has 7 heteroatoms. The number of thioether (sulfide) groups is 1. The predicted molar refractivity (Wildman–Crippen MR) is 107 cm³/mol. The molecule has 1 fully saturated rings. The van der Waals surface area contributed by atoms with Crippen LogP contribution < -0.4 is 4.90 Å². The SMILES string of the molecule is CSc1ccc(C(=S)N2CCN(c3ccc([N+](=O)[O-])cc3)CC2)cc1.